The Morgan fingerprint density at radius 2 is 1.82 bits per heavy atom. The van der Waals surface area contributed by atoms with Crippen LogP contribution in [-0.2, 0) is 10.5 Å². The Morgan fingerprint density at radius 1 is 1.14 bits per heavy atom. The molecule has 3 N–H and O–H groups in total. The standard InChI is InChI=1S/C14H17N3O4S/c1-20-11-3-9(4-12(6-11)21-2)15-14(19)8-22-7-10-5-13(18)17-16-10/h3-6H,7-8H2,1-2H3,(H,15,19)(H2,16,17,18). The molecule has 7 nitrogen and oxygen atoms in total. The zero-order valence-electron chi connectivity index (χ0n) is 12.3. The van der Waals surface area contributed by atoms with Gasteiger partial charge in [0.25, 0.3) is 5.56 Å². The number of H-pyrrole nitrogens is 2. The number of ether oxygens (including phenoxy) is 2. The van der Waals surface area contributed by atoms with E-state index in [9.17, 15) is 9.59 Å². The van der Waals surface area contributed by atoms with Gasteiger partial charge in [-0.15, -0.1) is 11.8 Å². The molecule has 0 unspecified atom stereocenters. The fourth-order valence-corrected chi connectivity index (χ4v) is 2.52. The molecule has 0 atom stereocenters. The lowest BCUT2D eigenvalue weighted by Gasteiger charge is -2.09. The molecule has 1 aromatic heterocycles. The van der Waals surface area contributed by atoms with Crippen LogP contribution >= 0.6 is 11.8 Å². The first-order chi connectivity index (χ1) is 10.6. The molecule has 118 valence electrons. The van der Waals surface area contributed by atoms with Crippen molar-refractivity contribution in [3.8, 4) is 11.5 Å². The van der Waals surface area contributed by atoms with E-state index in [1.807, 2.05) is 0 Å². The molecule has 0 aliphatic rings. The first-order valence-corrected chi connectivity index (χ1v) is 7.63. The van der Waals surface area contributed by atoms with Crippen LogP contribution in [0.2, 0.25) is 0 Å². The number of anilines is 1. The quantitative estimate of drug-likeness (QED) is 0.719. The summed E-state index contributed by atoms with van der Waals surface area (Å²) in [6.07, 6.45) is 0. The lowest BCUT2D eigenvalue weighted by Crippen LogP contribution is -2.14. The molecule has 0 bridgehead atoms. The number of hydrogen-bond acceptors (Lipinski definition) is 5. The van der Waals surface area contributed by atoms with Crippen molar-refractivity contribution in [1.29, 1.82) is 0 Å². The normalized spacial score (nSPS) is 10.3. The molecule has 8 heteroatoms. The maximum Gasteiger partial charge on any atom is 0.264 e. The fraction of sp³-hybridized carbons (Fsp3) is 0.286. The summed E-state index contributed by atoms with van der Waals surface area (Å²) in [7, 11) is 3.10. The Morgan fingerprint density at radius 3 is 2.36 bits per heavy atom. The van der Waals surface area contributed by atoms with E-state index in [1.54, 1.807) is 32.4 Å². The van der Waals surface area contributed by atoms with Gasteiger partial charge in [0.15, 0.2) is 0 Å². The maximum atomic E-state index is 11.9. The van der Waals surface area contributed by atoms with E-state index in [0.29, 0.717) is 22.9 Å². The van der Waals surface area contributed by atoms with E-state index in [4.69, 9.17) is 9.47 Å². The smallest absolute Gasteiger partial charge is 0.264 e. The SMILES string of the molecule is COc1cc(NC(=O)CSCc2cc(=O)[nH][nH]2)cc(OC)c1. The number of hydrogen-bond donors (Lipinski definition) is 3. The van der Waals surface area contributed by atoms with Gasteiger partial charge in [0.1, 0.15) is 11.5 Å². The number of aromatic nitrogens is 2. The van der Waals surface area contributed by atoms with E-state index in [2.05, 4.69) is 15.5 Å². The van der Waals surface area contributed by atoms with Crippen LogP contribution in [-0.4, -0.2) is 36.1 Å². The maximum absolute atomic E-state index is 11.9. The highest BCUT2D eigenvalue weighted by Gasteiger charge is 2.07. The molecule has 0 saturated heterocycles. The van der Waals surface area contributed by atoms with Gasteiger partial charge < -0.3 is 19.9 Å². The zero-order valence-corrected chi connectivity index (χ0v) is 13.1. The minimum absolute atomic E-state index is 0.141. The van der Waals surface area contributed by atoms with Crippen LogP contribution in [0.3, 0.4) is 0 Å². The van der Waals surface area contributed by atoms with E-state index >= 15 is 0 Å². The van der Waals surface area contributed by atoms with Crippen molar-refractivity contribution in [2.24, 2.45) is 0 Å². The fourth-order valence-electron chi connectivity index (χ4n) is 1.78. The molecule has 0 saturated carbocycles. The van der Waals surface area contributed by atoms with Crippen LogP contribution in [0.5, 0.6) is 11.5 Å². The molecule has 0 aliphatic heterocycles. The van der Waals surface area contributed by atoms with Gasteiger partial charge in [-0.1, -0.05) is 0 Å². The van der Waals surface area contributed by atoms with Crippen LogP contribution < -0.4 is 20.3 Å². The Labute approximate surface area is 131 Å². The van der Waals surface area contributed by atoms with Gasteiger partial charge in [0.05, 0.1) is 20.0 Å². The zero-order chi connectivity index (χ0) is 15.9. The first-order valence-electron chi connectivity index (χ1n) is 6.48. The second-order valence-electron chi connectivity index (χ2n) is 4.43. The molecule has 0 fully saturated rings. The highest BCUT2D eigenvalue weighted by atomic mass is 32.2. The summed E-state index contributed by atoms with van der Waals surface area (Å²) in [4.78, 5) is 22.9. The van der Waals surface area contributed by atoms with E-state index in [-0.39, 0.29) is 17.2 Å². The number of rotatable bonds is 7. The Balaban J connectivity index is 1.87. The first kappa shape index (κ1) is 16.0. The van der Waals surface area contributed by atoms with Crippen molar-refractivity contribution < 1.29 is 14.3 Å². The average molecular weight is 323 g/mol. The van der Waals surface area contributed by atoms with Gasteiger partial charge in [-0.2, -0.15) is 0 Å². The van der Waals surface area contributed by atoms with E-state index in [0.717, 1.165) is 5.69 Å². The number of carbonyl (C=O) groups excluding carboxylic acids is 1. The van der Waals surface area contributed by atoms with E-state index < -0.39 is 0 Å². The van der Waals surface area contributed by atoms with Gasteiger partial charge in [0.2, 0.25) is 5.91 Å². The van der Waals surface area contributed by atoms with Crippen molar-refractivity contribution in [2.45, 2.75) is 5.75 Å². The summed E-state index contributed by atoms with van der Waals surface area (Å²) in [5.74, 6) is 1.89. The molecule has 0 spiro atoms. The third kappa shape index (κ3) is 4.59. The lowest BCUT2D eigenvalue weighted by atomic mass is 10.2. The minimum atomic E-state index is -0.177. The molecule has 0 radical (unpaired) electrons. The van der Waals surface area contributed by atoms with Gasteiger partial charge >= 0.3 is 0 Å². The molecule has 0 aliphatic carbocycles. The molecule has 2 aromatic rings. The van der Waals surface area contributed by atoms with Crippen molar-refractivity contribution in [3.05, 3.63) is 40.3 Å². The second kappa shape index (κ2) is 7.60. The summed E-state index contributed by atoms with van der Waals surface area (Å²) in [5, 5.41) is 7.97. The summed E-state index contributed by atoms with van der Waals surface area (Å²) in [6.45, 7) is 0. The van der Waals surface area contributed by atoms with Crippen molar-refractivity contribution in [1.82, 2.24) is 10.2 Å². The summed E-state index contributed by atoms with van der Waals surface area (Å²) in [5.41, 5.74) is 1.19. The monoisotopic (exact) mass is 323 g/mol. The third-order valence-corrected chi connectivity index (χ3v) is 3.76. The largest absolute Gasteiger partial charge is 0.497 e. The van der Waals surface area contributed by atoms with Crippen LogP contribution in [0.15, 0.2) is 29.1 Å². The molecule has 22 heavy (non-hydrogen) atoms. The van der Waals surface area contributed by atoms with Crippen molar-refractivity contribution >= 4 is 23.4 Å². The Bertz CT molecular complexity index is 673. The predicted molar refractivity (Wildman–Crippen MR) is 85.8 cm³/mol. The topological polar surface area (TPSA) is 96.2 Å². The number of benzene rings is 1. The third-order valence-electron chi connectivity index (χ3n) is 2.78. The number of carbonyl (C=O) groups is 1. The average Bonchev–Trinajstić information content (AvgIpc) is 2.92. The van der Waals surface area contributed by atoms with Crippen LogP contribution in [0.4, 0.5) is 5.69 Å². The predicted octanol–water partition coefficient (Wildman–Crippen LogP) is 1.59. The highest BCUT2D eigenvalue weighted by Crippen LogP contribution is 2.25. The molecule has 1 amide bonds. The number of nitrogens with one attached hydrogen (secondary N) is 3. The minimum Gasteiger partial charge on any atom is -0.497 e. The molecule has 2 rings (SSSR count). The van der Waals surface area contributed by atoms with Gasteiger partial charge in [-0.25, -0.2) is 0 Å². The number of methoxy groups -OCH3 is 2. The van der Waals surface area contributed by atoms with Crippen LogP contribution in [0.25, 0.3) is 0 Å². The highest BCUT2D eigenvalue weighted by molar-refractivity contribution is 7.99. The lowest BCUT2D eigenvalue weighted by molar-refractivity contribution is -0.113. The van der Waals surface area contributed by atoms with E-state index in [1.165, 1.54) is 17.8 Å². The number of thioether (sulfide) groups is 1. The Kier molecular flexibility index (Phi) is 5.54. The molecular formula is C14H17N3O4S. The van der Waals surface area contributed by atoms with Gasteiger partial charge in [0, 0.05) is 41.4 Å². The molecule has 1 heterocycles. The van der Waals surface area contributed by atoms with Crippen LogP contribution in [0.1, 0.15) is 5.69 Å². The number of aromatic amines is 2. The summed E-state index contributed by atoms with van der Waals surface area (Å²) < 4.78 is 10.3. The summed E-state index contributed by atoms with van der Waals surface area (Å²) >= 11 is 1.40. The summed E-state index contributed by atoms with van der Waals surface area (Å²) in [6, 6.07) is 6.63. The van der Waals surface area contributed by atoms with Gasteiger partial charge in [-0.3, -0.25) is 14.7 Å². The molecule has 1 aromatic carbocycles. The van der Waals surface area contributed by atoms with Crippen LogP contribution in [0, 0.1) is 0 Å². The second-order valence-corrected chi connectivity index (χ2v) is 5.41. The number of amides is 1. The Hall–Kier alpha value is -2.35. The van der Waals surface area contributed by atoms with Crippen molar-refractivity contribution in [3.63, 3.8) is 0 Å². The van der Waals surface area contributed by atoms with Crippen molar-refractivity contribution in [2.75, 3.05) is 25.3 Å². The van der Waals surface area contributed by atoms with Gasteiger partial charge in [-0.05, 0) is 0 Å². The molecular weight excluding hydrogens is 306 g/mol.